The molecule has 1 aromatic rings. The number of carbonyl (C=O) groups excluding carboxylic acids is 1. The summed E-state index contributed by atoms with van der Waals surface area (Å²) >= 11 is 0. The number of ether oxygens (including phenoxy) is 1. The number of hydrogen-bond acceptors (Lipinski definition) is 4. The van der Waals surface area contributed by atoms with Crippen LogP contribution >= 0.6 is 0 Å². The molecule has 2 N–H and O–H groups in total. The minimum absolute atomic E-state index is 0.00275. The van der Waals surface area contributed by atoms with Gasteiger partial charge in [-0.1, -0.05) is 6.07 Å². The summed E-state index contributed by atoms with van der Waals surface area (Å²) in [7, 11) is 0. The van der Waals surface area contributed by atoms with Crippen LogP contribution in [0.3, 0.4) is 0 Å². The Hall–Kier alpha value is -1.59. The van der Waals surface area contributed by atoms with Crippen molar-refractivity contribution >= 4 is 11.6 Å². The van der Waals surface area contributed by atoms with Gasteiger partial charge in [-0.2, -0.15) is 0 Å². The Labute approximate surface area is 124 Å². The molecule has 0 saturated carbocycles. The molecule has 0 aromatic heterocycles. The zero-order valence-electron chi connectivity index (χ0n) is 12.5. The van der Waals surface area contributed by atoms with E-state index in [2.05, 4.69) is 5.32 Å². The van der Waals surface area contributed by atoms with E-state index in [1.165, 1.54) is 0 Å². The van der Waals surface area contributed by atoms with Crippen molar-refractivity contribution in [3.63, 3.8) is 0 Å². The van der Waals surface area contributed by atoms with E-state index in [9.17, 15) is 9.90 Å². The maximum Gasteiger partial charge on any atom is 0.224 e. The van der Waals surface area contributed by atoms with Crippen molar-refractivity contribution in [3.05, 3.63) is 23.8 Å². The van der Waals surface area contributed by atoms with Gasteiger partial charge < -0.3 is 20.1 Å². The molecular formula is C16H22N2O3. The van der Waals surface area contributed by atoms with Crippen molar-refractivity contribution < 1.29 is 14.6 Å². The second-order valence-electron chi connectivity index (χ2n) is 5.93. The fraction of sp³-hybridized carbons (Fsp3) is 0.562. The fourth-order valence-corrected chi connectivity index (χ4v) is 3.15. The van der Waals surface area contributed by atoms with E-state index < -0.39 is 6.10 Å². The minimum atomic E-state index is -0.550. The van der Waals surface area contributed by atoms with Crippen molar-refractivity contribution in [2.24, 2.45) is 0 Å². The van der Waals surface area contributed by atoms with Gasteiger partial charge in [-0.05, 0) is 44.0 Å². The van der Waals surface area contributed by atoms with Crippen LogP contribution in [0, 0.1) is 0 Å². The van der Waals surface area contributed by atoms with Gasteiger partial charge in [0.1, 0.15) is 11.9 Å². The molecule has 1 amide bonds. The number of aliphatic hydroxyl groups excluding tert-OH is 1. The average molecular weight is 290 g/mol. The van der Waals surface area contributed by atoms with E-state index in [-0.39, 0.29) is 18.1 Å². The van der Waals surface area contributed by atoms with Gasteiger partial charge in [0.05, 0.1) is 18.3 Å². The first-order valence-electron chi connectivity index (χ1n) is 7.56. The highest BCUT2D eigenvalue weighted by Gasteiger charge is 2.29. The normalized spacial score (nSPS) is 26.1. The van der Waals surface area contributed by atoms with Gasteiger partial charge in [0.25, 0.3) is 0 Å². The summed E-state index contributed by atoms with van der Waals surface area (Å²) in [5.41, 5.74) is 1.59. The predicted octanol–water partition coefficient (Wildman–Crippen LogP) is 1.61. The standard InChI is InChI=1S/C16H22N2O3/c1-10-9-18(11(2)19)14-8-12(5-6-15(14)21-10)16(20)13-4-3-7-17-13/h5-6,8,10,13,16-17,20H,3-4,7,9H2,1-2H3. The van der Waals surface area contributed by atoms with Crippen molar-refractivity contribution in [1.82, 2.24) is 5.32 Å². The largest absolute Gasteiger partial charge is 0.487 e. The molecule has 0 radical (unpaired) electrons. The van der Waals surface area contributed by atoms with Crippen LogP contribution < -0.4 is 15.0 Å². The lowest BCUT2D eigenvalue weighted by Crippen LogP contribution is -2.41. The Morgan fingerprint density at radius 1 is 1.52 bits per heavy atom. The zero-order valence-corrected chi connectivity index (χ0v) is 12.5. The lowest BCUT2D eigenvalue weighted by atomic mass is 9.99. The van der Waals surface area contributed by atoms with Crippen LogP contribution in [0.5, 0.6) is 5.75 Å². The molecule has 3 unspecified atom stereocenters. The van der Waals surface area contributed by atoms with Gasteiger partial charge in [-0.3, -0.25) is 4.79 Å². The summed E-state index contributed by atoms with van der Waals surface area (Å²) in [6, 6.07) is 5.72. The molecule has 2 aliphatic heterocycles. The molecule has 2 heterocycles. The van der Waals surface area contributed by atoms with Crippen LogP contribution in [-0.4, -0.2) is 36.2 Å². The van der Waals surface area contributed by atoms with Gasteiger partial charge in [0.15, 0.2) is 0 Å². The number of hydrogen-bond donors (Lipinski definition) is 2. The number of carbonyl (C=O) groups is 1. The van der Waals surface area contributed by atoms with Crippen LogP contribution in [0.1, 0.15) is 38.4 Å². The first-order chi connectivity index (χ1) is 10.1. The minimum Gasteiger partial charge on any atom is -0.487 e. The maximum atomic E-state index is 11.8. The molecule has 21 heavy (non-hydrogen) atoms. The summed E-state index contributed by atoms with van der Waals surface area (Å²) in [5.74, 6) is 0.705. The SMILES string of the molecule is CC(=O)N1CC(C)Oc2ccc(C(O)C3CCCN3)cc21. The molecule has 5 nitrogen and oxygen atoms in total. The molecule has 1 fully saturated rings. The van der Waals surface area contributed by atoms with Gasteiger partial charge in [-0.15, -0.1) is 0 Å². The lowest BCUT2D eigenvalue weighted by Gasteiger charge is -2.33. The zero-order chi connectivity index (χ0) is 15.0. The quantitative estimate of drug-likeness (QED) is 0.868. The number of fused-ring (bicyclic) bond motifs is 1. The Morgan fingerprint density at radius 2 is 2.33 bits per heavy atom. The molecule has 1 aromatic carbocycles. The highest BCUT2D eigenvalue weighted by Crippen LogP contribution is 2.36. The topological polar surface area (TPSA) is 61.8 Å². The second-order valence-corrected chi connectivity index (χ2v) is 5.93. The predicted molar refractivity (Wildman–Crippen MR) is 80.5 cm³/mol. The van der Waals surface area contributed by atoms with Crippen LogP contribution in [-0.2, 0) is 4.79 Å². The molecular weight excluding hydrogens is 268 g/mol. The molecule has 0 aliphatic carbocycles. The van der Waals surface area contributed by atoms with E-state index in [1.807, 2.05) is 25.1 Å². The molecule has 114 valence electrons. The van der Waals surface area contributed by atoms with Crippen LogP contribution in [0.15, 0.2) is 18.2 Å². The van der Waals surface area contributed by atoms with Gasteiger partial charge >= 0.3 is 0 Å². The Morgan fingerprint density at radius 3 is 3.00 bits per heavy atom. The van der Waals surface area contributed by atoms with E-state index in [0.717, 1.165) is 30.6 Å². The second kappa shape index (κ2) is 5.66. The van der Waals surface area contributed by atoms with E-state index in [1.54, 1.807) is 11.8 Å². The number of amides is 1. The number of nitrogens with one attached hydrogen (secondary N) is 1. The number of nitrogens with zero attached hydrogens (tertiary/aromatic N) is 1. The fourth-order valence-electron chi connectivity index (χ4n) is 3.15. The van der Waals surface area contributed by atoms with Crippen molar-refractivity contribution in [1.29, 1.82) is 0 Å². The Kier molecular flexibility index (Phi) is 3.87. The van der Waals surface area contributed by atoms with Crippen molar-refractivity contribution in [2.45, 2.75) is 44.9 Å². The van der Waals surface area contributed by atoms with Crippen molar-refractivity contribution in [2.75, 3.05) is 18.0 Å². The first kappa shape index (κ1) is 14.4. The molecule has 0 bridgehead atoms. The van der Waals surface area contributed by atoms with Gasteiger partial charge in [0.2, 0.25) is 5.91 Å². The monoisotopic (exact) mass is 290 g/mol. The summed E-state index contributed by atoms with van der Waals surface area (Å²) in [5, 5.41) is 13.8. The van der Waals surface area contributed by atoms with Crippen molar-refractivity contribution in [3.8, 4) is 5.75 Å². The van der Waals surface area contributed by atoms with E-state index >= 15 is 0 Å². The van der Waals surface area contributed by atoms with Crippen LogP contribution in [0.4, 0.5) is 5.69 Å². The number of rotatable bonds is 2. The molecule has 0 spiro atoms. The third-order valence-electron chi connectivity index (χ3n) is 4.24. The first-order valence-corrected chi connectivity index (χ1v) is 7.56. The van der Waals surface area contributed by atoms with Crippen LogP contribution in [0.2, 0.25) is 0 Å². The molecule has 3 atom stereocenters. The molecule has 5 heteroatoms. The smallest absolute Gasteiger partial charge is 0.224 e. The highest BCUT2D eigenvalue weighted by molar-refractivity contribution is 5.93. The number of benzene rings is 1. The summed E-state index contributed by atoms with van der Waals surface area (Å²) in [6.45, 7) is 5.00. The number of anilines is 1. The lowest BCUT2D eigenvalue weighted by molar-refractivity contribution is -0.117. The summed E-state index contributed by atoms with van der Waals surface area (Å²) < 4.78 is 5.78. The van der Waals surface area contributed by atoms with Crippen LogP contribution in [0.25, 0.3) is 0 Å². The number of aliphatic hydroxyl groups is 1. The summed E-state index contributed by atoms with van der Waals surface area (Å²) in [6.07, 6.45) is 1.49. The molecule has 3 rings (SSSR count). The Bertz CT molecular complexity index is 540. The van der Waals surface area contributed by atoms with E-state index in [0.29, 0.717) is 12.3 Å². The van der Waals surface area contributed by atoms with E-state index in [4.69, 9.17) is 4.74 Å². The van der Waals surface area contributed by atoms with Gasteiger partial charge in [0, 0.05) is 13.0 Å². The summed E-state index contributed by atoms with van der Waals surface area (Å²) in [4.78, 5) is 13.6. The average Bonchev–Trinajstić information content (AvgIpc) is 2.99. The molecule has 2 aliphatic rings. The molecule has 1 saturated heterocycles. The highest BCUT2D eigenvalue weighted by atomic mass is 16.5. The maximum absolute atomic E-state index is 11.8. The third kappa shape index (κ3) is 2.76. The third-order valence-corrected chi connectivity index (χ3v) is 4.24. The Balaban J connectivity index is 1.92. The van der Waals surface area contributed by atoms with Gasteiger partial charge in [-0.25, -0.2) is 0 Å².